The highest BCUT2D eigenvalue weighted by Crippen LogP contribution is 2.49. The van der Waals surface area contributed by atoms with Crippen molar-refractivity contribution in [3.63, 3.8) is 0 Å². The number of carbonyl (C=O) groups is 2. The zero-order valence-corrected chi connectivity index (χ0v) is 15.8. The predicted molar refractivity (Wildman–Crippen MR) is 99.5 cm³/mol. The zero-order valence-electron chi connectivity index (χ0n) is 14.2. The molecule has 1 amide bonds. The van der Waals surface area contributed by atoms with Gasteiger partial charge in [0.05, 0.1) is 12.2 Å². The average molecular weight is 386 g/mol. The number of carboxylic acids is 1. The van der Waals surface area contributed by atoms with Crippen LogP contribution in [0.25, 0.3) is 0 Å². The summed E-state index contributed by atoms with van der Waals surface area (Å²) in [5, 5.41) is 11.5. The van der Waals surface area contributed by atoms with Gasteiger partial charge in [0.2, 0.25) is 5.91 Å². The Labute approximate surface area is 152 Å². The van der Waals surface area contributed by atoms with E-state index in [1.54, 1.807) is 6.07 Å². The lowest BCUT2D eigenvalue weighted by Gasteiger charge is -2.14. The third kappa shape index (κ3) is 7.48. The summed E-state index contributed by atoms with van der Waals surface area (Å²) < 4.78 is 22.9. The van der Waals surface area contributed by atoms with Crippen LogP contribution in [0.5, 0.6) is 0 Å². The maximum Gasteiger partial charge on any atom is 0.304 e. The molecule has 138 valence electrons. The summed E-state index contributed by atoms with van der Waals surface area (Å²) in [6, 6.07) is 7.42. The first-order valence-corrected chi connectivity index (χ1v) is 11.3. The van der Waals surface area contributed by atoms with Crippen molar-refractivity contribution in [3.8, 4) is 0 Å². The number of hydrogen-bond acceptors (Lipinski definition) is 5. The van der Waals surface area contributed by atoms with Crippen LogP contribution in [0.4, 0.5) is 5.69 Å². The Kier molecular flexibility index (Phi) is 6.51. The lowest BCUT2D eigenvalue weighted by atomic mass is 10.1. The van der Waals surface area contributed by atoms with Crippen LogP contribution in [0.3, 0.4) is 0 Å². The first-order chi connectivity index (χ1) is 11.7. The Hall–Kier alpha value is -1.54. The van der Waals surface area contributed by atoms with Gasteiger partial charge >= 0.3 is 5.97 Å². The van der Waals surface area contributed by atoms with Gasteiger partial charge in [0, 0.05) is 29.9 Å². The van der Waals surface area contributed by atoms with E-state index in [1.165, 1.54) is 18.0 Å². The minimum Gasteiger partial charge on any atom is -0.481 e. The summed E-state index contributed by atoms with van der Waals surface area (Å²) in [4.78, 5) is 22.7. The number of carbonyl (C=O) groups excluding carboxylic acids is 1. The first kappa shape index (κ1) is 19.8. The number of nitrogens with one attached hydrogen (secondary N) is 1. The highest BCUT2D eigenvalue weighted by atomic mass is 32.2. The standard InChI is InChI=1S/C17H23NO5S2/c1-25(22,23)12-17(6-7-17)10-15(19)18-14-4-2-3-13(9-14)11-24-8-5-16(20)21/h2-4,9H,5-8,10-12H2,1H3,(H,18,19)(H,20,21). The Balaban J connectivity index is 1.85. The van der Waals surface area contributed by atoms with Crippen LogP contribution in [0.2, 0.25) is 0 Å². The summed E-state index contributed by atoms with van der Waals surface area (Å²) in [7, 11) is -3.09. The van der Waals surface area contributed by atoms with E-state index in [4.69, 9.17) is 5.11 Å². The molecule has 6 nitrogen and oxygen atoms in total. The van der Waals surface area contributed by atoms with Crippen molar-refractivity contribution in [2.24, 2.45) is 5.41 Å². The summed E-state index contributed by atoms with van der Waals surface area (Å²) >= 11 is 1.53. The normalized spacial score (nSPS) is 15.6. The minimum atomic E-state index is -3.09. The number of benzene rings is 1. The van der Waals surface area contributed by atoms with Gasteiger partial charge in [0.1, 0.15) is 9.84 Å². The molecule has 0 aliphatic heterocycles. The molecule has 1 aromatic carbocycles. The highest BCUT2D eigenvalue weighted by Gasteiger charge is 2.46. The average Bonchev–Trinajstić information content (AvgIpc) is 3.20. The molecule has 0 spiro atoms. The van der Waals surface area contributed by atoms with Crippen molar-refractivity contribution in [3.05, 3.63) is 29.8 Å². The number of anilines is 1. The van der Waals surface area contributed by atoms with E-state index in [0.29, 0.717) is 17.2 Å². The summed E-state index contributed by atoms with van der Waals surface area (Å²) in [5.74, 6) is 0.302. The molecule has 0 heterocycles. The molecule has 2 N–H and O–H groups in total. The van der Waals surface area contributed by atoms with E-state index >= 15 is 0 Å². The zero-order chi connectivity index (χ0) is 18.5. The van der Waals surface area contributed by atoms with Crippen LogP contribution in [-0.2, 0) is 25.2 Å². The van der Waals surface area contributed by atoms with Crippen LogP contribution >= 0.6 is 11.8 Å². The third-order valence-corrected chi connectivity index (χ3v) is 6.17. The smallest absolute Gasteiger partial charge is 0.304 e. The summed E-state index contributed by atoms with van der Waals surface area (Å²) in [6.07, 6.45) is 3.10. The van der Waals surface area contributed by atoms with Crippen LogP contribution in [-0.4, -0.2) is 43.2 Å². The van der Waals surface area contributed by atoms with Crippen molar-refractivity contribution in [1.29, 1.82) is 0 Å². The number of amides is 1. The largest absolute Gasteiger partial charge is 0.481 e. The van der Waals surface area contributed by atoms with Gasteiger partial charge in [0.25, 0.3) is 0 Å². The third-order valence-electron chi connectivity index (χ3n) is 4.00. The lowest BCUT2D eigenvalue weighted by molar-refractivity contribution is -0.136. The molecular formula is C17H23NO5S2. The number of carboxylic acid groups (broad SMARTS) is 1. The SMILES string of the molecule is CS(=O)(=O)CC1(CC(=O)Nc2cccc(CSCCC(=O)O)c2)CC1. The number of hydrogen-bond donors (Lipinski definition) is 2. The molecule has 2 rings (SSSR count). The van der Waals surface area contributed by atoms with Gasteiger partial charge in [-0.2, -0.15) is 11.8 Å². The molecule has 1 aliphatic rings. The van der Waals surface area contributed by atoms with Gasteiger partial charge in [-0.3, -0.25) is 9.59 Å². The molecular weight excluding hydrogens is 362 g/mol. The van der Waals surface area contributed by atoms with E-state index in [1.807, 2.05) is 18.2 Å². The van der Waals surface area contributed by atoms with Crippen molar-refractivity contribution in [2.75, 3.05) is 23.1 Å². The molecule has 0 saturated heterocycles. The maximum atomic E-state index is 12.2. The molecule has 1 saturated carbocycles. The van der Waals surface area contributed by atoms with Gasteiger partial charge in [-0.05, 0) is 36.0 Å². The molecule has 0 atom stereocenters. The Bertz CT molecular complexity index is 741. The number of thioether (sulfide) groups is 1. The van der Waals surface area contributed by atoms with Crippen LogP contribution < -0.4 is 5.32 Å². The van der Waals surface area contributed by atoms with Gasteiger partial charge in [-0.15, -0.1) is 0 Å². The van der Waals surface area contributed by atoms with Crippen LogP contribution in [0, 0.1) is 5.41 Å². The van der Waals surface area contributed by atoms with E-state index in [-0.39, 0.29) is 29.9 Å². The van der Waals surface area contributed by atoms with Crippen LogP contribution in [0.15, 0.2) is 24.3 Å². The monoisotopic (exact) mass is 385 g/mol. The van der Waals surface area contributed by atoms with Crippen molar-refractivity contribution in [1.82, 2.24) is 0 Å². The fraction of sp³-hybridized carbons (Fsp3) is 0.529. The molecule has 0 unspecified atom stereocenters. The van der Waals surface area contributed by atoms with E-state index in [9.17, 15) is 18.0 Å². The van der Waals surface area contributed by atoms with Gasteiger partial charge in [0.15, 0.2) is 0 Å². The second-order valence-corrected chi connectivity index (χ2v) is 9.94. The summed E-state index contributed by atoms with van der Waals surface area (Å²) in [6.45, 7) is 0. The second kappa shape index (κ2) is 8.23. The molecule has 25 heavy (non-hydrogen) atoms. The fourth-order valence-electron chi connectivity index (χ4n) is 2.74. The van der Waals surface area contributed by atoms with Crippen LogP contribution in [0.1, 0.15) is 31.2 Å². The molecule has 0 bridgehead atoms. The van der Waals surface area contributed by atoms with E-state index in [0.717, 1.165) is 18.4 Å². The van der Waals surface area contributed by atoms with E-state index in [2.05, 4.69) is 5.32 Å². The lowest BCUT2D eigenvalue weighted by Crippen LogP contribution is -2.23. The molecule has 0 aromatic heterocycles. The minimum absolute atomic E-state index is 0.0632. The first-order valence-electron chi connectivity index (χ1n) is 8.04. The second-order valence-electron chi connectivity index (χ2n) is 6.69. The number of aliphatic carboxylic acids is 1. The quantitative estimate of drug-likeness (QED) is 0.600. The predicted octanol–water partition coefficient (Wildman–Crippen LogP) is 2.55. The van der Waals surface area contributed by atoms with Crippen molar-refractivity contribution < 1.29 is 23.1 Å². The number of rotatable bonds is 10. The number of sulfone groups is 1. The van der Waals surface area contributed by atoms with Gasteiger partial charge in [-0.1, -0.05) is 12.1 Å². The topological polar surface area (TPSA) is 101 Å². The van der Waals surface area contributed by atoms with Gasteiger partial charge in [-0.25, -0.2) is 8.42 Å². The van der Waals surface area contributed by atoms with Crippen molar-refractivity contribution in [2.45, 2.75) is 31.4 Å². The Morgan fingerprint density at radius 2 is 2.04 bits per heavy atom. The molecule has 1 aromatic rings. The molecule has 0 radical (unpaired) electrons. The summed E-state index contributed by atoms with van der Waals surface area (Å²) in [5.41, 5.74) is 1.30. The maximum absolute atomic E-state index is 12.2. The molecule has 8 heteroatoms. The van der Waals surface area contributed by atoms with E-state index < -0.39 is 15.8 Å². The molecule has 1 aliphatic carbocycles. The Morgan fingerprint density at radius 3 is 2.64 bits per heavy atom. The van der Waals surface area contributed by atoms with Gasteiger partial charge < -0.3 is 10.4 Å². The molecule has 1 fully saturated rings. The van der Waals surface area contributed by atoms with Crippen molar-refractivity contribution >= 4 is 39.2 Å². The highest BCUT2D eigenvalue weighted by molar-refractivity contribution is 7.98. The fourth-order valence-corrected chi connectivity index (χ4v) is 5.12. The Morgan fingerprint density at radius 1 is 1.32 bits per heavy atom.